The van der Waals surface area contributed by atoms with Crippen LogP contribution in [0.1, 0.15) is 10.4 Å². The van der Waals surface area contributed by atoms with Crippen molar-refractivity contribution in [3.05, 3.63) is 48.2 Å². The van der Waals surface area contributed by atoms with Crippen LogP contribution in [-0.2, 0) is 9.84 Å². The van der Waals surface area contributed by atoms with E-state index in [0.717, 1.165) is 6.26 Å². The van der Waals surface area contributed by atoms with Crippen LogP contribution in [0.2, 0.25) is 0 Å². The zero-order valence-corrected chi connectivity index (χ0v) is 14.3. The normalized spacial score (nSPS) is 11.1. The molecule has 2 aromatic rings. The number of benzene rings is 1. The van der Waals surface area contributed by atoms with Gasteiger partial charge in [-0.25, -0.2) is 13.4 Å². The molecule has 23 heavy (non-hydrogen) atoms. The van der Waals surface area contributed by atoms with E-state index in [4.69, 9.17) is 0 Å². The minimum absolute atomic E-state index is 0.187. The van der Waals surface area contributed by atoms with Gasteiger partial charge in [-0.05, 0) is 36.4 Å². The fourth-order valence-electron chi connectivity index (χ4n) is 2.14. The second-order valence-electron chi connectivity index (χ2n) is 5.40. The fraction of sp³-hybridized carbons (Fsp3) is 0.250. The predicted molar refractivity (Wildman–Crippen MR) is 90.8 cm³/mol. The van der Waals surface area contributed by atoms with Gasteiger partial charge in [-0.2, -0.15) is 0 Å². The average molecular weight is 333 g/mol. The maximum atomic E-state index is 12.6. The third-order valence-electron chi connectivity index (χ3n) is 3.39. The summed E-state index contributed by atoms with van der Waals surface area (Å²) in [5, 5.41) is 0. The predicted octanol–water partition coefficient (Wildman–Crippen LogP) is 1.83. The highest BCUT2D eigenvalue weighted by molar-refractivity contribution is 7.90. The third kappa shape index (κ3) is 3.68. The molecule has 0 atom stereocenters. The molecule has 0 aliphatic carbocycles. The Morgan fingerprint density at radius 1 is 1.04 bits per heavy atom. The van der Waals surface area contributed by atoms with E-state index in [1.165, 1.54) is 29.2 Å². The van der Waals surface area contributed by atoms with E-state index in [2.05, 4.69) is 4.98 Å². The number of carbonyl (C=O) groups is 1. The molecule has 1 amide bonds. The zero-order valence-electron chi connectivity index (χ0n) is 13.5. The van der Waals surface area contributed by atoms with Crippen molar-refractivity contribution in [1.29, 1.82) is 0 Å². The van der Waals surface area contributed by atoms with Crippen molar-refractivity contribution >= 4 is 27.2 Å². The Hall–Kier alpha value is -2.41. The summed E-state index contributed by atoms with van der Waals surface area (Å²) in [5.74, 6) is 0.442. The molecular weight excluding hydrogens is 314 g/mol. The van der Waals surface area contributed by atoms with Gasteiger partial charge in [0.15, 0.2) is 15.7 Å². The first kappa shape index (κ1) is 17.0. The van der Waals surface area contributed by atoms with Crippen molar-refractivity contribution in [1.82, 2.24) is 4.98 Å². The molecule has 0 radical (unpaired) electrons. The maximum absolute atomic E-state index is 12.6. The first-order valence-electron chi connectivity index (χ1n) is 6.92. The Balaban J connectivity index is 2.34. The Kier molecular flexibility index (Phi) is 4.70. The molecule has 0 spiro atoms. The van der Waals surface area contributed by atoms with Crippen LogP contribution in [0.15, 0.2) is 47.5 Å². The highest BCUT2D eigenvalue weighted by Gasteiger charge is 2.18. The molecule has 0 saturated heterocycles. The maximum Gasteiger partial charge on any atom is 0.258 e. The lowest BCUT2D eigenvalue weighted by molar-refractivity contribution is 0.0993. The van der Waals surface area contributed by atoms with Crippen LogP contribution in [0.5, 0.6) is 0 Å². The number of aromatic nitrogens is 1. The number of nitrogens with zero attached hydrogens (tertiary/aromatic N) is 3. The van der Waals surface area contributed by atoms with Crippen molar-refractivity contribution in [2.75, 3.05) is 37.2 Å². The van der Waals surface area contributed by atoms with Gasteiger partial charge in [0.05, 0.1) is 10.6 Å². The summed E-state index contributed by atoms with van der Waals surface area (Å²) >= 11 is 0. The lowest BCUT2D eigenvalue weighted by Gasteiger charge is -2.23. The smallest absolute Gasteiger partial charge is 0.258 e. The van der Waals surface area contributed by atoms with Gasteiger partial charge in [-0.3, -0.25) is 4.79 Å². The topological polar surface area (TPSA) is 70.6 Å². The molecule has 0 N–H and O–H groups in total. The van der Waals surface area contributed by atoms with E-state index in [9.17, 15) is 13.2 Å². The number of sulfone groups is 1. The standard InChI is InChI=1S/C16H19N3O3S/c1-18(2)15-14(6-5-11-17-15)19(3)16(20)12-7-9-13(10-8-12)23(4,21)22/h5-11H,1-4H3. The summed E-state index contributed by atoms with van der Waals surface area (Å²) in [6, 6.07) is 9.48. The fourth-order valence-corrected chi connectivity index (χ4v) is 2.77. The molecule has 0 aliphatic heterocycles. The average Bonchev–Trinajstić information content (AvgIpc) is 2.52. The zero-order chi connectivity index (χ0) is 17.2. The number of hydrogen-bond acceptors (Lipinski definition) is 5. The molecule has 0 fully saturated rings. The van der Waals surface area contributed by atoms with Crippen LogP contribution >= 0.6 is 0 Å². The Morgan fingerprint density at radius 3 is 2.17 bits per heavy atom. The van der Waals surface area contributed by atoms with E-state index < -0.39 is 9.84 Å². The van der Waals surface area contributed by atoms with Crippen molar-refractivity contribution in [3.63, 3.8) is 0 Å². The number of rotatable bonds is 4. The van der Waals surface area contributed by atoms with Gasteiger partial charge in [0.25, 0.3) is 5.91 Å². The molecule has 7 heteroatoms. The summed E-state index contributed by atoms with van der Waals surface area (Å²) in [5.41, 5.74) is 1.09. The highest BCUT2D eigenvalue weighted by atomic mass is 32.2. The van der Waals surface area contributed by atoms with Crippen molar-refractivity contribution in [3.8, 4) is 0 Å². The van der Waals surface area contributed by atoms with Crippen LogP contribution in [0.3, 0.4) is 0 Å². The van der Waals surface area contributed by atoms with Crippen LogP contribution in [0.4, 0.5) is 11.5 Å². The monoisotopic (exact) mass is 333 g/mol. The molecule has 1 heterocycles. The molecule has 0 unspecified atom stereocenters. The molecule has 1 aromatic carbocycles. The summed E-state index contributed by atoms with van der Waals surface area (Å²) < 4.78 is 23.0. The van der Waals surface area contributed by atoms with Crippen molar-refractivity contribution in [2.24, 2.45) is 0 Å². The van der Waals surface area contributed by atoms with E-state index in [0.29, 0.717) is 17.1 Å². The SMILES string of the molecule is CN(C)c1ncccc1N(C)C(=O)c1ccc(S(C)(=O)=O)cc1. The Labute approximate surface area is 136 Å². The lowest BCUT2D eigenvalue weighted by Crippen LogP contribution is -2.28. The van der Waals surface area contributed by atoms with E-state index in [-0.39, 0.29) is 10.8 Å². The number of amides is 1. The van der Waals surface area contributed by atoms with E-state index in [1.807, 2.05) is 25.1 Å². The number of anilines is 2. The molecule has 0 bridgehead atoms. The van der Waals surface area contributed by atoms with Crippen LogP contribution in [0, 0.1) is 0 Å². The second kappa shape index (κ2) is 6.37. The van der Waals surface area contributed by atoms with Gasteiger partial charge < -0.3 is 9.80 Å². The lowest BCUT2D eigenvalue weighted by atomic mass is 10.2. The molecule has 122 valence electrons. The van der Waals surface area contributed by atoms with Crippen LogP contribution < -0.4 is 9.80 Å². The van der Waals surface area contributed by atoms with Crippen LogP contribution in [-0.4, -0.2) is 46.7 Å². The molecule has 2 rings (SSSR count). The van der Waals surface area contributed by atoms with Gasteiger partial charge >= 0.3 is 0 Å². The summed E-state index contributed by atoms with van der Waals surface area (Å²) in [6.07, 6.45) is 2.80. The Bertz CT molecular complexity index is 815. The highest BCUT2D eigenvalue weighted by Crippen LogP contribution is 2.25. The van der Waals surface area contributed by atoms with Crippen molar-refractivity contribution in [2.45, 2.75) is 4.90 Å². The van der Waals surface area contributed by atoms with E-state index >= 15 is 0 Å². The quantitative estimate of drug-likeness (QED) is 0.854. The van der Waals surface area contributed by atoms with Gasteiger partial charge in [0, 0.05) is 39.2 Å². The first-order valence-corrected chi connectivity index (χ1v) is 8.81. The van der Waals surface area contributed by atoms with E-state index in [1.54, 1.807) is 19.3 Å². The molecule has 0 saturated carbocycles. The largest absolute Gasteiger partial charge is 0.361 e. The minimum atomic E-state index is -3.28. The van der Waals surface area contributed by atoms with Crippen molar-refractivity contribution < 1.29 is 13.2 Å². The number of pyridine rings is 1. The Morgan fingerprint density at radius 2 is 1.65 bits per heavy atom. The van der Waals surface area contributed by atoms with Gasteiger partial charge in [-0.15, -0.1) is 0 Å². The molecule has 0 aliphatic rings. The molecule has 6 nitrogen and oxygen atoms in total. The van der Waals surface area contributed by atoms with Gasteiger partial charge in [0.1, 0.15) is 0 Å². The van der Waals surface area contributed by atoms with Gasteiger partial charge in [0.2, 0.25) is 0 Å². The van der Waals surface area contributed by atoms with Crippen LogP contribution in [0.25, 0.3) is 0 Å². The number of hydrogen-bond donors (Lipinski definition) is 0. The molecule has 1 aromatic heterocycles. The summed E-state index contributed by atoms with van der Waals surface area (Å²) in [4.78, 5) is 20.4. The summed E-state index contributed by atoms with van der Waals surface area (Å²) in [7, 11) is 2.09. The third-order valence-corrected chi connectivity index (χ3v) is 4.51. The first-order chi connectivity index (χ1) is 10.7. The minimum Gasteiger partial charge on any atom is -0.361 e. The van der Waals surface area contributed by atoms with Gasteiger partial charge in [-0.1, -0.05) is 0 Å². The summed E-state index contributed by atoms with van der Waals surface area (Å²) in [6.45, 7) is 0. The molecular formula is C16H19N3O3S. The second-order valence-corrected chi connectivity index (χ2v) is 7.42. The number of carbonyl (C=O) groups excluding carboxylic acids is 1.